The van der Waals surface area contributed by atoms with Gasteiger partial charge in [-0.25, -0.2) is 4.98 Å². The standard InChI is InChI=1S/C27H23NO2/c1-27(2,3)21-14-20-24(16-23(21)29)30-26-25(20)19(17-10-6-4-7-11-17)15-22(28-26)18-12-8-5-9-13-18/h4-16,29H,1-3H3. The smallest absolute Gasteiger partial charge is 0.228 e. The molecule has 0 aliphatic rings. The Hall–Kier alpha value is -3.59. The molecule has 0 amide bonds. The van der Waals surface area contributed by atoms with Crippen molar-refractivity contribution in [1.29, 1.82) is 0 Å². The zero-order valence-electron chi connectivity index (χ0n) is 17.3. The van der Waals surface area contributed by atoms with Crippen LogP contribution in [-0.2, 0) is 5.41 Å². The van der Waals surface area contributed by atoms with Crippen LogP contribution in [0.1, 0.15) is 26.3 Å². The average Bonchev–Trinajstić information content (AvgIpc) is 3.10. The molecule has 0 fully saturated rings. The summed E-state index contributed by atoms with van der Waals surface area (Å²) in [5.74, 6) is 0.249. The van der Waals surface area contributed by atoms with Crippen LogP contribution in [0.3, 0.4) is 0 Å². The number of pyridine rings is 1. The molecule has 2 aromatic heterocycles. The highest BCUT2D eigenvalue weighted by atomic mass is 16.3. The molecular weight excluding hydrogens is 370 g/mol. The molecule has 2 heterocycles. The third-order valence-electron chi connectivity index (χ3n) is 5.52. The van der Waals surface area contributed by atoms with E-state index in [4.69, 9.17) is 9.40 Å². The number of phenols is 1. The fourth-order valence-corrected chi connectivity index (χ4v) is 4.01. The van der Waals surface area contributed by atoms with Crippen LogP contribution in [0.15, 0.2) is 83.3 Å². The summed E-state index contributed by atoms with van der Waals surface area (Å²) in [5, 5.41) is 12.6. The maximum absolute atomic E-state index is 10.6. The largest absolute Gasteiger partial charge is 0.508 e. The highest BCUT2D eigenvalue weighted by Gasteiger charge is 2.23. The molecule has 148 valence electrons. The number of hydrogen-bond acceptors (Lipinski definition) is 3. The molecule has 0 aliphatic heterocycles. The molecule has 3 heteroatoms. The number of nitrogens with zero attached hydrogens (tertiary/aromatic N) is 1. The maximum Gasteiger partial charge on any atom is 0.228 e. The number of fused-ring (bicyclic) bond motifs is 3. The zero-order chi connectivity index (χ0) is 20.9. The minimum atomic E-state index is -0.188. The second kappa shape index (κ2) is 6.74. The summed E-state index contributed by atoms with van der Waals surface area (Å²) < 4.78 is 6.15. The first-order valence-corrected chi connectivity index (χ1v) is 10.1. The molecule has 0 bridgehead atoms. The number of rotatable bonds is 2. The first-order chi connectivity index (χ1) is 14.4. The number of phenolic OH excluding ortho intramolecular Hbond substituents is 1. The SMILES string of the molecule is CC(C)(C)c1cc2c(cc1O)oc1nc(-c3ccccc3)cc(-c3ccccc3)c12. The molecule has 0 saturated carbocycles. The van der Waals surface area contributed by atoms with Crippen LogP contribution in [0, 0.1) is 0 Å². The van der Waals surface area contributed by atoms with Gasteiger partial charge in [0.15, 0.2) is 0 Å². The summed E-state index contributed by atoms with van der Waals surface area (Å²) in [6.07, 6.45) is 0. The molecule has 3 nitrogen and oxygen atoms in total. The molecule has 5 rings (SSSR count). The van der Waals surface area contributed by atoms with Gasteiger partial charge in [-0.05, 0) is 28.7 Å². The molecule has 0 spiro atoms. The van der Waals surface area contributed by atoms with Crippen molar-refractivity contribution < 1.29 is 9.52 Å². The van der Waals surface area contributed by atoms with Crippen molar-refractivity contribution in [2.45, 2.75) is 26.2 Å². The molecule has 1 N–H and O–H groups in total. The molecule has 0 radical (unpaired) electrons. The average molecular weight is 393 g/mol. The van der Waals surface area contributed by atoms with E-state index in [1.165, 1.54) is 0 Å². The lowest BCUT2D eigenvalue weighted by molar-refractivity contribution is 0.446. The van der Waals surface area contributed by atoms with Crippen LogP contribution in [0.5, 0.6) is 5.75 Å². The van der Waals surface area contributed by atoms with Crippen LogP contribution in [0.2, 0.25) is 0 Å². The van der Waals surface area contributed by atoms with Gasteiger partial charge in [0.05, 0.1) is 11.1 Å². The van der Waals surface area contributed by atoms with Crippen molar-refractivity contribution in [2.75, 3.05) is 0 Å². The summed E-state index contributed by atoms with van der Waals surface area (Å²) in [4.78, 5) is 4.84. The third-order valence-corrected chi connectivity index (χ3v) is 5.52. The Morgan fingerprint density at radius 2 is 1.43 bits per heavy atom. The summed E-state index contributed by atoms with van der Waals surface area (Å²) >= 11 is 0. The van der Waals surface area contributed by atoms with E-state index in [9.17, 15) is 5.11 Å². The fourth-order valence-electron chi connectivity index (χ4n) is 4.01. The van der Waals surface area contributed by atoms with Crippen molar-refractivity contribution in [2.24, 2.45) is 0 Å². The Kier molecular flexibility index (Phi) is 4.14. The Bertz CT molecular complexity index is 1360. The van der Waals surface area contributed by atoms with Gasteiger partial charge in [0.1, 0.15) is 11.3 Å². The summed E-state index contributed by atoms with van der Waals surface area (Å²) in [6, 6.07) is 26.3. The molecule has 30 heavy (non-hydrogen) atoms. The van der Waals surface area contributed by atoms with E-state index in [0.29, 0.717) is 11.3 Å². The summed E-state index contributed by atoms with van der Waals surface area (Å²) in [5.41, 5.74) is 6.01. The van der Waals surface area contributed by atoms with Gasteiger partial charge in [0, 0.05) is 22.6 Å². The van der Waals surface area contributed by atoms with Crippen LogP contribution >= 0.6 is 0 Å². The van der Waals surface area contributed by atoms with Gasteiger partial charge in [-0.15, -0.1) is 0 Å². The van der Waals surface area contributed by atoms with Gasteiger partial charge in [-0.1, -0.05) is 81.4 Å². The number of aromatic hydroxyl groups is 1. The molecule has 3 aromatic carbocycles. The molecule has 0 aliphatic carbocycles. The van der Waals surface area contributed by atoms with Crippen molar-refractivity contribution in [3.63, 3.8) is 0 Å². The molecule has 5 aromatic rings. The Balaban J connectivity index is 1.89. The zero-order valence-corrected chi connectivity index (χ0v) is 17.3. The lowest BCUT2D eigenvalue weighted by atomic mass is 9.85. The van der Waals surface area contributed by atoms with Crippen LogP contribution in [0.4, 0.5) is 0 Å². The van der Waals surface area contributed by atoms with E-state index >= 15 is 0 Å². The van der Waals surface area contributed by atoms with E-state index in [-0.39, 0.29) is 11.2 Å². The molecule has 0 saturated heterocycles. The lowest BCUT2D eigenvalue weighted by Gasteiger charge is -2.20. The summed E-state index contributed by atoms with van der Waals surface area (Å²) in [6.45, 7) is 6.29. The first kappa shape index (κ1) is 18.4. The number of benzene rings is 3. The van der Waals surface area contributed by atoms with Crippen molar-refractivity contribution in [1.82, 2.24) is 4.98 Å². The minimum Gasteiger partial charge on any atom is -0.508 e. The Morgan fingerprint density at radius 1 is 0.800 bits per heavy atom. The minimum absolute atomic E-state index is 0.188. The predicted octanol–water partition coefficient (Wildman–Crippen LogP) is 7.32. The maximum atomic E-state index is 10.6. The van der Waals surface area contributed by atoms with E-state index in [2.05, 4.69) is 51.1 Å². The van der Waals surface area contributed by atoms with Gasteiger partial charge < -0.3 is 9.52 Å². The second-order valence-corrected chi connectivity index (χ2v) is 8.68. The van der Waals surface area contributed by atoms with Crippen LogP contribution < -0.4 is 0 Å². The van der Waals surface area contributed by atoms with Crippen LogP contribution in [-0.4, -0.2) is 10.1 Å². The highest BCUT2D eigenvalue weighted by molar-refractivity contribution is 6.12. The van der Waals surface area contributed by atoms with Crippen LogP contribution in [0.25, 0.3) is 44.5 Å². The van der Waals surface area contributed by atoms with Gasteiger partial charge in [0.2, 0.25) is 5.71 Å². The topological polar surface area (TPSA) is 46.3 Å². The van der Waals surface area contributed by atoms with E-state index in [1.54, 1.807) is 6.07 Å². The van der Waals surface area contributed by atoms with E-state index in [1.807, 2.05) is 42.5 Å². The predicted molar refractivity (Wildman–Crippen MR) is 123 cm³/mol. The Labute approximate surface area is 175 Å². The quantitative estimate of drug-likeness (QED) is 0.342. The van der Waals surface area contributed by atoms with E-state index < -0.39 is 0 Å². The van der Waals surface area contributed by atoms with Crippen molar-refractivity contribution >= 4 is 22.1 Å². The fraction of sp³-hybridized carbons (Fsp3) is 0.148. The normalized spacial score (nSPS) is 12.0. The molecule has 0 atom stereocenters. The van der Waals surface area contributed by atoms with Gasteiger partial charge in [0.25, 0.3) is 0 Å². The Morgan fingerprint density at radius 3 is 2.07 bits per heavy atom. The monoisotopic (exact) mass is 393 g/mol. The van der Waals surface area contributed by atoms with Crippen molar-refractivity contribution in [3.05, 3.63) is 84.4 Å². The molecular formula is C27H23NO2. The highest BCUT2D eigenvalue weighted by Crippen LogP contribution is 2.42. The van der Waals surface area contributed by atoms with E-state index in [0.717, 1.165) is 38.7 Å². The van der Waals surface area contributed by atoms with Gasteiger partial charge in [-0.3, -0.25) is 0 Å². The van der Waals surface area contributed by atoms with Crippen molar-refractivity contribution in [3.8, 4) is 28.1 Å². The molecule has 0 unspecified atom stereocenters. The number of hydrogen-bond donors (Lipinski definition) is 1. The summed E-state index contributed by atoms with van der Waals surface area (Å²) in [7, 11) is 0. The third kappa shape index (κ3) is 3.03. The number of aromatic nitrogens is 1. The van der Waals surface area contributed by atoms with Gasteiger partial charge >= 0.3 is 0 Å². The second-order valence-electron chi connectivity index (χ2n) is 8.68. The number of furan rings is 1. The lowest BCUT2D eigenvalue weighted by Crippen LogP contribution is -2.11. The first-order valence-electron chi connectivity index (χ1n) is 10.1. The van der Waals surface area contributed by atoms with Gasteiger partial charge in [-0.2, -0.15) is 0 Å².